The van der Waals surface area contributed by atoms with Crippen molar-refractivity contribution < 1.29 is 36.2 Å². The molecular weight excluding hydrogens is 468 g/mol. The molecule has 1 amide bonds. The van der Waals surface area contributed by atoms with Crippen LogP contribution in [0, 0.1) is 17.6 Å². The number of ether oxygens (including phenoxy) is 2. The predicted octanol–water partition coefficient (Wildman–Crippen LogP) is 5.63. The smallest absolute Gasteiger partial charge is 0.273 e. The molecule has 0 bridgehead atoms. The second-order valence-corrected chi connectivity index (χ2v) is 8.83. The number of nitrogens with two attached hydrogens (primary N) is 1. The van der Waals surface area contributed by atoms with Crippen LogP contribution < -0.4 is 10.5 Å². The molecule has 4 atom stereocenters. The van der Waals surface area contributed by atoms with Crippen molar-refractivity contribution in [1.82, 2.24) is 4.98 Å². The van der Waals surface area contributed by atoms with Gasteiger partial charge in [-0.1, -0.05) is 13.0 Å². The molecule has 1 fully saturated rings. The molecule has 0 aliphatic carbocycles. The number of alkyl halides is 2. The molecule has 3 heterocycles. The van der Waals surface area contributed by atoms with Gasteiger partial charge in [0.15, 0.2) is 11.6 Å². The number of halogens is 4. The van der Waals surface area contributed by atoms with E-state index in [1.807, 2.05) is 0 Å². The first-order chi connectivity index (χ1) is 16.4. The summed E-state index contributed by atoms with van der Waals surface area (Å²) in [6.07, 6.45) is 0.306. The monoisotopic (exact) mass is 492 g/mol. The van der Waals surface area contributed by atoms with E-state index in [2.05, 4.69) is 4.98 Å². The Morgan fingerprint density at radius 2 is 1.91 bits per heavy atom. The number of benzene rings is 1. The van der Waals surface area contributed by atoms with E-state index in [1.54, 1.807) is 25.1 Å². The van der Waals surface area contributed by atoms with Crippen LogP contribution in [-0.4, -0.2) is 29.5 Å². The number of primary amides is 1. The fraction of sp³-hybridized carbons (Fsp3) is 0.360. The molecule has 0 radical (unpaired) electrons. The molecule has 1 saturated heterocycles. The van der Waals surface area contributed by atoms with Crippen molar-refractivity contribution in [1.29, 1.82) is 0 Å². The Morgan fingerprint density at radius 1 is 1.20 bits per heavy atom. The summed E-state index contributed by atoms with van der Waals surface area (Å²) in [6.45, 7) is 3.60. The Morgan fingerprint density at radius 3 is 2.54 bits per heavy atom. The molecule has 186 valence electrons. The van der Waals surface area contributed by atoms with Crippen LogP contribution in [0.15, 0.2) is 47.0 Å². The number of methoxy groups -OCH3 is 1. The Kier molecular flexibility index (Phi) is 6.12. The quantitative estimate of drug-likeness (QED) is 0.451. The van der Waals surface area contributed by atoms with Crippen molar-refractivity contribution in [3.05, 3.63) is 71.2 Å². The maximum absolute atomic E-state index is 14.8. The van der Waals surface area contributed by atoms with Crippen LogP contribution in [0.2, 0.25) is 0 Å². The second kappa shape index (κ2) is 8.67. The predicted molar refractivity (Wildman–Crippen MR) is 118 cm³/mol. The summed E-state index contributed by atoms with van der Waals surface area (Å²) in [4.78, 5) is 15.4. The van der Waals surface area contributed by atoms with Crippen molar-refractivity contribution in [2.75, 3.05) is 7.11 Å². The molecule has 0 saturated carbocycles. The standard InChI is InChI=1S/C25H24F4N2O4/c1-12-19(14-5-6-15(26)20(27)21(14)33-4)22(35-24(12,2)25(3,28)29)18-8-7-17(34-18)13-9-10-31-16(11-13)23(30)32/h5-12,19,22H,1-4H3,(H2,30,32)/t12-,19-,22-,24+/m1/s1. The van der Waals surface area contributed by atoms with E-state index in [0.29, 0.717) is 11.3 Å². The zero-order chi connectivity index (χ0) is 25.7. The van der Waals surface area contributed by atoms with E-state index in [9.17, 15) is 22.4 Å². The zero-order valence-corrected chi connectivity index (χ0v) is 19.4. The Hall–Kier alpha value is -3.40. The fourth-order valence-electron chi connectivity index (χ4n) is 4.62. The second-order valence-electron chi connectivity index (χ2n) is 8.83. The van der Waals surface area contributed by atoms with Crippen LogP contribution >= 0.6 is 0 Å². The van der Waals surface area contributed by atoms with E-state index < -0.39 is 47.0 Å². The molecule has 1 aliphatic rings. The minimum atomic E-state index is -3.28. The highest BCUT2D eigenvalue weighted by Gasteiger charge is 2.62. The van der Waals surface area contributed by atoms with Gasteiger partial charge in [-0.3, -0.25) is 9.78 Å². The lowest BCUT2D eigenvalue weighted by Crippen LogP contribution is -2.47. The van der Waals surface area contributed by atoms with Gasteiger partial charge in [-0.05, 0) is 37.3 Å². The molecule has 2 N–H and O–H groups in total. The fourth-order valence-corrected chi connectivity index (χ4v) is 4.62. The van der Waals surface area contributed by atoms with E-state index in [4.69, 9.17) is 19.6 Å². The van der Waals surface area contributed by atoms with Crippen molar-refractivity contribution in [2.45, 2.75) is 44.3 Å². The van der Waals surface area contributed by atoms with Crippen molar-refractivity contribution in [3.63, 3.8) is 0 Å². The van der Waals surface area contributed by atoms with Gasteiger partial charge in [0.05, 0.1) is 7.11 Å². The van der Waals surface area contributed by atoms with Crippen molar-refractivity contribution in [3.8, 4) is 17.1 Å². The van der Waals surface area contributed by atoms with Gasteiger partial charge in [-0.15, -0.1) is 0 Å². The molecule has 2 aromatic heterocycles. The average molecular weight is 492 g/mol. The zero-order valence-electron chi connectivity index (χ0n) is 19.4. The number of hydrogen-bond acceptors (Lipinski definition) is 5. The van der Waals surface area contributed by atoms with Crippen LogP contribution in [0.1, 0.15) is 54.6 Å². The maximum atomic E-state index is 14.8. The lowest BCUT2D eigenvalue weighted by molar-refractivity contribution is -0.197. The van der Waals surface area contributed by atoms with Crippen molar-refractivity contribution >= 4 is 5.91 Å². The minimum absolute atomic E-state index is 0.0220. The summed E-state index contributed by atoms with van der Waals surface area (Å²) >= 11 is 0. The third-order valence-corrected chi connectivity index (χ3v) is 6.82. The molecule has 35 heavy (non-hydrogen) atoms. The number of hydrogen-bond donors (Lipinski definition) is 1. The maximum Gasteiger partial charge on any atom is 0.273 e. The average Bonchev–Trinajstić information content (AvgIpc) is 3.39. The molecule has 3 aromatic rings. The molecule has 1 aliphatic heterocycles. The third-order valence-electron chi connectivity index (χ3n) is 6.82. The Labute approximate surface area is 199 Å². The van der Waals surface area contributed by atoms with Crippen molar-refractivity contribution in [2.24, 2.45) is 11.7 Å². The first-order valence-corrected chi connectivity index (χ1v) is 10.8. The van der Waals surface area contributed by atoms with Gasteiger partial charge < -0.3 is 19.6 Å². The normalized spacial score (nSPS) is 24.5. The van der Waals surface area contributed by atoms with Gasteiger partial charge in [0.2, 0.25) is 5.82 Å². The van der Waals surface area contributed by atoms with Crippen LogP contribution in [0.4, 0.5) is 17.6 Å². The number of pyridine rings is 1. The molecule has 0 unspecified atom stereocenters. The summed E-state index contributed by atoms with van der Waals surface area (Å²) < 4.78 is 75.1. The van der Waals surface area contributed by atoms with Gasteiger partial charge in [-0.2, -0.15) is 4.39 Å². The van der Waals surface area contributed by atoms with Gasteiger partial charge in [0, 0.05) is 36.1 Å². The first kappa shape index (κ1) is 24.7. The van der Waals surface area contributed by atoms with E-state index in [0.717, 1.165) is 13.0 Å². The lowest BCUT2D eigenvalue weighted by atomic mass is 9.75. The third kappa shape index (κ3) is 4.05. The SMILES string of the molecule is COc1c([C@@H]2[C@@H](c3ccc(-c4ccnc(C(N)=O)c4)o3)O[C@](C)(C(C)(F)F)[C@@H]2C)ccc(F)c1F. The highest BCUT2D eigenvalue weighted by Crippen LogP contribution is 2.59. The summed E-state index contributed by atoms with van der Waals surface area (Å²) in [6, 6.07) is 8.39. The van der Waals surface area contributed by atoms with E-state index in [-0.39, 0.29) is 22.8 Å². The molecular formula is C25H24F4N2O4. The number of rotatable bonds is 6. The van der Waals surface area contributed by atoms with Crippen LogP contribution in [-0.2, 0) is 4.74 Å². The minimum Gasteiger partial charge on any atom is -0.493 e. The number of aromatic nitrogens is 1. The highest BCUT2D eigenvalue weighted by atomic mass is 19.3. The Balaban J connectivity index is 1.83. The van der Waals surface area contributed by atoms with Crippen LogP contribution in [0.3, 0.4) is 0 Å². The lowest BCUT2D eigenvalue weighted by Gasteiger charge is -2.35. The van der Waals surface area contributed by atoms with E-state index >= 15 is 0 Å². The number of nitrogens with zero attached hydrogens (tertiary/aromatic N) is 1. The van der Waals surface area contributed by atoms with Gasteiger partial charge in [-0.25, -0.2) is 13.2 Å². The number of carbonyl (C=O) groups excluding carboxylic acids is 1. The largest absolute Gasteiger partial charge is 0.493 e. The van der Waals surface area contributed by atoms with E-state index in [1.165, 1.54) is 32.4 Å². The van der Waals surface area contributed by atoms with Gasteiger partial charge >= 0.3 is 0 Å². The van der Waals surface area contributed by atoms with Crippen LogP contribution in [0.25, 0.3) is 11.3 Å². The summed E-state index contributed by atoms with van der Waals surface area (Å²) in [7, 11) is 1.18. The topological polar surface area (TPSA) is 87.6 Å². The summed E-state index contributed by atoms with van der Waals surface area (Å²) in [5.74, 6) is -7.95. The van der Waals surface area contributed by atoms with Crippen LogP contribution in [0.5, 0.6) is 5.75 Å². The molecule has 6 nitrogen and oxygen atoms in total. The summed E-state index contributed by atoms with van der Waals surface area (Å²) in [5, 5.41) is 0. The van der Waals surface area contributed by atoms with Gasteiger partial charge in [0.25, 0.3) is 11.8 Å². The summed E-state index contributed by atoms with van der Waals surface area (Å²) in [5.41, 5.74) is 4.02. The molecule has 0 spiro atoms. The molecule has 4 rings (SSSR count). The molecule has 1 aromatic carbocycles. The number of furan rings is 1. The number of carbonyl (C=O) groups is 1. The number of amides is 1. The highest BCUT2D eigenvalue weighted by molar-refractivity contribution is 5.91. The Bertz CT molecular complexity index is 1270. The molecule has 10 heteroatoms. The first-order valence-electron chi connectivity index (χ1n) is 10.8. The van der Waals surface area contributed by atoms with Gasteiger partial charge in [0.1, 0.15) is 28.9 Å².